The highest BCUT2D eigenvalue weighted by molar-refractivity contribution is 6.62. The summed E-state index contributed by atoms with van der Waals surface area (Å²) in [4.78, 5) is 34.1. The highest BCUT2D eigenvalue weighted by Gasteiger charge is 2.58. The van der Waals surface area contributed by atoms with Gasteiger partial charge >= 0.3 is 13.2 Å². The zero-order valence-electron chi connectivity index (χ0n) is 26.6. The number of piperidine rings is 2. The van der Waals surface area contributed by atoms with Crippen LogP contribution in [0.3, 0.4) is 0 Å². The molecule has 0 aromatic heterocycles. The molecular formula is C33H48BN3O5. The van der Waals surface area contributed by atoms with Crippen LogP contribution in [0.25, 0.3) is 0 Å². The molecule has 1 aromatic carbocycles. The molecule has 228 valence electrons. The summed E-state index contributed by atoms with van der Waals surface area (Å²) in [6, 6.07) is 7.93. The fourth-order valence-electron chi connectivity index (χ4n) is 8.43. The molecule has 9 heteroatoms. The van der Waals surface area contributed by atoms with Gasteiger partial charge in [0.15, 0.2) is 0 Å². The third-order valence-corrected chi connectivity index (χ3v) is 11.6. The maximum atomic E-state index is 14.6. The summed E-state index contributed by atoms with van der Waals surface area (Å²) in [5.74, 6) is 1.09. The maximum absolute atomic E-state index is 14.6. The van der Waals surface area contributed by atoms with Crippen molar-refractivity contribution in [1.82, 2.24) is 9.80 Å². The molecule has 2 atom stereocenters. The lowest BCUT2D eigenvalue weighted by molar-refractivity contribution is -0.126. The summed E-state index contributed by atoms with van der Waals surface area (Å²) < 4.78 is 18.5. The average molecular weight is 578 g/mol. The fraction of sp³-hybridized carbons (Fsp3) is 0.758. The van der Waals surface area contributed by atoms with E-state index in [1.54, 1.807) is 4.90 Å². The van der Waals surface area contributed by atoms with E-state index >= 15 is 0 Å². The number of nitrogens with zero attached hydrogens (tertiary/aromatic N) is 3. The summed E-state index contributed by atoms with van der Waals surface area (Å²) in [7, 11) is -0.475. The molecule has 2 bridgehead atoms. The molecule has 8 nitrogen and oxygen atoms in total. The Labute approximate surface area is 251 Å². The number of fused-ring (bicyclic) bond motifs is 4. The fourth-order valence-corrected chi connectivity index (χ4v) is 8.43. The summed E-state index contributed by atoms with van der Waals surface area (Å²) in [6.07, 6.45) is 7.09. The van der Waals surface area contributed by atoms with Crippen LogP contribution < -0.4 is 10.4 Å². The van der Waals surface area contributed by atoms with Crippen LogP contribution in [0.15, 0.2) is 18.2 Å². The molecule has 2 saturated carbocycles. The van der Waals surface area contributed by atoms with Crippen molar-refractivity contribution in [3.05, 3.63) is 23.8 Å². The molecule has 7 rings (SSSR count). The maximum Gasteiger partial charge on any atom is 0.494 e. The molecule has 6 aliphatic rings. The predicted octanol–water partition coefficient (Wildman–Crippen LogP) is 4.62. The van der Waals surface area contributed by atoms with Crippen molar-refractivity contribution in [2.24, 2.45) is 5.92 Å². The molecule has 42 heavy (non-hydrogen) atoms. The minimum atomic E-state index is -0.611. The van der Waals surface area contributed by atoms with Crippen molar-refractivity contribution in [1.29, 1.82) is 0 Å². The molecule has 4 aliphatic heterocycles. The lowest BCUT2D eigenvalue weighted by Gasteiger charge is -2.48. The molecule has 1 aromatic rings. The number of hydrogen-bond acceptors (Lipinski definition) is 6. The smallest absolute Gasteiger partial charge is 0.444 e. The van der Waals surface area contributed by atoms with Gasteiger partial charge < -0.3 is 23.8 Å². The summed E-state index contributed by atoms with van der Waals surface area (Å²) in [5.41, 5.74) is 1.06. The number of ether oxygens (including phenoxy) is 1. The molecule has 3 saturated heterocycles. The van der Waals surface area contributed by atoms with Crippen LogP contribution in [-0.4, -0.2) is 83.5 Å². The first-order valence-electron chi connectivity index (χ1n) is 16.2. The second kappa shape index (κ2) is 9.45. The SMILES string of the molecule is CC(C)(C)OC(=O)N1CCC2(CC1)C(=O)N([C@H]1C[C@@H](N3C[C@H]4CC[C@@H]3C4)C1)c1cc(B3OC(C)(C)C(C)(C)O3)ccc12. The van der Waals surface area contributed by atoms with Gasteiger partial charge in [-0.3, -0.25) is 9.69 Å². The Morgan fingerprint density at radius 1 is 0.952 bits per heavy atom. The molecule has 4 heterocycles. The van der Waals surface area contributed by atoms with Gasteiger partial charge in [0.1, 0.15) is 5.60 Å². The summed E-state index contributed by atoms with van der Waals surface area (Å²) in [5, 5.41) is 0. The first-order chi connectivity index (χ1) is 19.7. The highest BCUT2D eigenvalue weighted by Crippen LogP contribution is 2.52. The van der Waals surface area contributed by atoms with Crippen LogP contribution in [0.2, 0.25) is 0 Å². The van der Waals surface area contributed by atoms with Gasteiger partial charge in [0.25, 0.3) is 0 Å². The largest absolute Gasteiger partial charge is 0.494 e. The summed E-state index contributed by atoms with van der Waals surface area (Å²) >= 11 is 0. The van der Waals surface area contributed by atoms with Crippen LogP contribution in [0.4, 0.5) is 10.5 Å². The van der Waals surface area contributed by atoms with Crippen LogP contribution in [-0.2, 0) is 24.3 Å². The van der Waals surface area contributed by atoms with E-state index in [-0.39, 0.29) is 18.0 Å². The van der Waals surface area contributed by atoms with Crippen molar-refractivity contribution in [3.8, 4) is 0 Å². The minimum Gasteiger partial charge on any atom is -0.444 e. The quantitative estimate of drug-likeness (QED) is 0.489. The standard InChI is InChI=1S/C33H48BN3O5/c1-30(2,3)40-29(39)35-14-12-33(13-15-35)26-11-9-22(34-41-31(4,5)32(6,7)42-34)17-27(26)37(28(33)38)25-18-24(19-25)36-20-21-8-10-23(36)16-21/h9,11,17,21,23-25H,8,10,12-16,18-20H2,1-7H3/t21-,23+,24-,25+/m0/s1. The van der Waals surface area contributed by atoms with E-state index in [4.69, 9.17) is 14.0 Å². The molecule has 0 unspecified atom stereocenters. The first-order valence-corrected chi connectivity index (χ1v) is 16.2. The van der Waals surface area contributed by atoms with Gasteiger partial charge in [0.05, 0.1) is 16.6 Å². The van der Waals surface area contributed by atoms with Crippen molar-refractivity contribution < 1.29 is 23.6 Å². The normalized spacial score (nSPS) is 32.9. The minimum absolute atomic E-state index is 0.206. The number of rotatable bonds is 3. The van der Waals surface area contributed by atoms with Gasteiger partial charge in [0.2, 0.25) is 5.91 Å². The highest BCUT2D eigenvalue weighted by atomic mass is 16.7. The Morgan fingerprint density at radius 3 is 2.19 bits per heavy atom. The third kappa shape index (κ3) is 4.43. The number of amides is 2. The number of carbonyl (C=O) groups excluding carboxylic acids is 2. The number of hydrogen-bond donors (Lipinski definition) is 0. The molecule has 2 amide bonds. The van der Waals surface area contributed by atoms with Crippen molar-refractivity contribution in [2.45, 2.75) is 134 Å². The number of benzene rings is 1. The van der Waals surface area contributed by atoms with E-state index in [2.05, 4.69) is 55.7 Å². The molecular weight excluding hydrogens is 529 g/mol. The van der Waals surface area contributed by atoms with Gasteiger partial charge in [-0.15, -0.1) is 0 Å². The average Bonchev–Trinajstić information content (AvgIpc) is 3.61. The van der Waals surface area contributed by atoms with Crippen LogP contribution in [0.5, 0.6) is 0 Å². The number of anilines is 1. The second-order valence-corrected chi connectivity index (χ2v) is 15.9. The van der Waals surface area contributed by atoms with Gasteiger partial charge in [-0.05, 0) is 116 Å². The molecule has 5 fully saturated rings. The van der Waals surface area contributed by atoms with E-state index in [0.717, 1.165) is 41.5 Å². The Kier molecular flexibility index (Phi) is 6.45. The predicted molar refractivity (Wildman–Crippen MR) is 163 cm³/mol. The van der Waals surface area contributed by atoms with Crippen LogP contribution >= 0.6 is 0 Å². The number of carbonyl (C=O) groups is 2. The van der Waals surface area contributed by atoms with Crippen LogP contribution in [0.1, 0.15) is 99.0 Å². The third-order valence-electron chi connectivity index (χ3n) is 11.6. The van der Waals surface area contributed by atoms with Crippen molar-refractivity contribution >= 4 is 30.3 Å². The van der Waals surface area contributed by atoms with Crippen molar-refractivity contribution in [3.63, 3.8) is 0 Å². The van der Waals surface area contributed by atoms with E-state index < -0.39 is 29.3 Å². The first kappa shape index (κ1) is 28.7. The van der Waals surface area contributed by atoms with Gasteiger partial charge in [0, 0.05) is 43.4 Å². The zero-order chi connectivity index (χ0) is 29.8. The van der Waals surface area contributed by atoms with Gasteiger partial charge in [-0.1, -0.05) is 12.1 Å². The van der Waals surface area contributed by atoms with E-state index in [9.17, 15) is 9.59 Å². The lowest BCUT2D eigenvalue weighted by Crippen LogP contribution is -2.59. The van der Waals surface area contributed by atoms with E-state index in [0.29, 0.717) is 32.0 Å². The van der Waals surface area contributed by atoms with Gasteiger partial charge in [-0.25, -0.2) is 4.79 Å². The molecule has 2 aliphatic carbocycles. The summed E-state index contributed by atoms with van der Waals surface area (Å²) in [6.45, 7) is 16.2. The topological polar surface area (TPSA) is 71.6 Å². The Hall–Kier alpha value is -2.10. The van der Waals surface area contributed by atoms with Crippen LogP contribution in [0, 0.1) is 5.92 Å². The van der Waals surface area contributed by atoms with E-state index in [1.165, 1.54) is 25.8 Å². The zero-order valence-corrected chi connectivity index (χ0v) is 26.6. The van der Waals surface area contributed by atoms with Gasteiger partial charge in [-0.2, -0.15) is 0 Å². The second-order valence-electron chi connectivity index (χ2n) is 15.9. The Morgan fingerprint density at radius 2 is 1.62 bits per heavy atom. The Balaban J connectivity index is 1.16. The molecule has 0 radical (unpaired) electrons. The van der Waals surface area contributed by atoms with Crippen molar-refractivity contribution in [2.75, 3.05) is 24.5 Å². The molecule has 1 spiro atoms. The molecule has 0 N–H and O–H groups in total. The lowest BCUT2D eigenvalue weighted by atomic mass is 9.71. The number of likely N-dealkylation sites (tertiary alicyclic amines) is 2. The Bertz CT molecular complexity index is 1260. The monoisotopic (exact) mass is 577 g/mol. The van der Waals surface area contributed by atoms with E-state index in [1.807, 2.05) is 20.8 Å².